The highest BCUT2D eigenvalue weighted by Crippen LogP contribution is 2.29. The number of ether oxygens (including phenoxy) is 1. The second-order valence-corrected chi connectivity index (χ2v) is 6.52. The number of halogens is 3. The van der Waals surface area contributed by atoms with Gasteiger partial charge in [-0.3, -0.25) is 0 Å². The molecule has 0 amide bonds. The highest BCUT2D eigenvalue weighted by molar-refractivity contribution is 5.86. The van der Waals surface area contributed by atoms with Crippen LogP contribution in [-0.4, -0.2) is 23.0 Å². The van der Waals surface area contributed by atoms with Crippen molar-refractivity contribution in [1.82, 2.24) is 9.97 Å². The molecule has 3 aromatic rings. The highest BCUT2D eigenvalue weighted by Gasteiger charge is 2.29. The number of benzene rings is 1. The first-order valence-corrected chi connectivity index (χ1v) is 9.13. The molecule has 0 aliphatic rings. The van der Waals surface area contributed by atoms with Gasteiger partial charge in [-0.2, -0.15) is 13.2 Å². The number of hydrogen-bond donors (Lipinski definition) is 1. The third-order valence-corrected chi connectivity index (χ3v) is 4.22. The van der Waals surface area contributed by atoms with E-state index in [1.54, 1.807) is 19.9 Å². The van der Waals surface area contributed by atoms with Gasteiger partial charge in [-0.25, -0.2) is 14.8 Å². The van der Waals surface area contributed by atoms with E-state index < -0.39 is 17.7 Å². The van der Waals surface area contributed by atoms with Crippen molar-refractivity contribution in [3.8, 4) is 11.8 Å². The summed E-state index contributed by atoms with van der Waals surface area (Å²) in [5.41, 5.74) is 0.807. The molecule has 0 fully saturated rings. The maximum Gasteiger partial charge on any atom is 0.416 e. The van der Waals surface area contributed by atoms with Crippen molar-refractivity contribution in [2.75, 3.05) is 12.4 Å². The molecule has 1 aromatic carbocycles. The number of rotatable bonds is 4. The van der Waals surface area contributed by atoms with Crippen molar-refractivity contribution in [2.45, 2.75) is 26.6 Å². The fraction of sp³-hybridized carbons (Fsp3) is 0.227. The predicted molar refractivity (Wildman–Crippen MR) is 106 cm³/mol. The average molecular weight is 429 g/mol. The van der Waals surface area contributed by atoms with Crippen molar-refractivity contribution >= 4 is 11.8 Å². The molecule has 1 N–H and O–H groups in total. The Labute approximate surface area is 176 Å². The number of anilines is 1. The van der Waals surface area contributed by atoms with Crippen LogP contribution in [0.5, 0.6) is 0 Å². The average Bonchev–Trinajstić information content (AvgIpc) is 3.19. The number of carbonyl (C=O) groups is 1. The molecule has 9 heteroatoms. The Morgan fingerprint density at radius 1 is 1.10 bits per heavy atom. The summed E-state index contributed by atoms with van der Waals surface area (Å²) >= 11 is 0. The molecule has 0 saturated heterocycles. The van der Waals surface area contributed by atoms with E-state index in [1.807, 2.05) is 0 Å². The summed E-state index contributed by atoms with van der Waals surface area (Å²) in [5, 5.41) is 3.10. The number of aromatic nitrogens is 2. The molecular formula is C22H18F3N3O3. The molecule has 0 spiro atoms. The zero-order chi connectivity index (χ0) is 22.6. The maximum atomic E-state index is 12.7. The Bertz CT molecular complexity index is 1160. The Morgan fingerprint density at radius 2 is 1.81 bits per heavy atom. The zero-order valence-electron chi connectivity index (χ0n) is 16.9. The fourth-order valence-corrected chi connectivity index (χ4v) is 2.72. The highest BCUT2D eigenvalue weighted by atomic mass is 19.4. The number of carbonyl (C=O) groups excluding carboxylic acids is 1. The summed E-state index contributed by atoms with van der Waals surface area (Å²) < 4.78 is 48.2. The van der Waals surface area contributed by atoms with Crippen molar-refractivity contribution in [1.29, 1.82) is 0 Å². The van der Waals surface area contributed by atoms with Crippen LogP contribution in [0.4, 0.5) is 19.0 Å². The Kier molecular flexibility index (Phi) is 6.30. The lowest BCUT2D eigenvalue weighted by molar-refractivity contribution is -0.137. The van der Waals surface area contributed by atoms with Gasteiger partial charge in [0.15, 0.2) is 0 Å². The van der Waals surface area contributed by atoms with E-state index in [0.29, 0.717) is 34.2 Å². The number of esters is 1. The number of hydrogen-bond acceptors (Lipinski definition) is 6. The fourth-order valence-electron chi connectivity index (χ4n) is 2.72. The van der Waals surface area contributed by atoms with E-state index >= 15 is 0 Å². The number of methoxy groups -OCH3 is 1. The van der Waals surface area contributed by atoms with Crippen LogP contribution in [0.25, 0.3) is 0 Å². The monoisotopic (exact) mass is 429 g/mol. The predicted octanol–water partition coefficient (Wildman–Crippen LogP) is 4.50. The van der Waals surface area contributed by atoms with E-state index in [9.17, 15) is 18.0 Å². The summed E-state index contributed by atoms with van der Waals surface area (Å²) in [5.74, 6) is 6.72. The molecule has 2 heterocycles. The van der Waals surface area contributed by atoms with Crippen LogP contribution in [0, 0.1) is 25.7 Å². The second-order valence-electron chi connectivity index (χ2n) is 6.52. The Hall–Kier alpha value is -3.80. The molecule has 0 aliphatic carbocycles. The largest absolute Gasteiger partial charge is 0.463 e. The Balaban J connectivity index is 1.83. The summed E-state index contributed by atoms with van der Waals surface area (Å²) in [4.78, 5) is 20.2. The molecule has 0 bridgehead atoms. The van der Waals surface area contributed by atoms with E-state index in [1.165, 1.54) is 25.3 Å². The number of furan rings is 1. The first-order valence-electron chi connectivity index (χ1n) is 9.13. The van der Waals surface area contributed by atoms with Gasteiger partial charge in [-0.1, -0.05) is 11.8 Å². The summed E-state index contributed by atoms with van der Waals surface area (Å²) in [6, 6.07) is 7.72. The number of alkyl halides is 3. The normalized spacial score (nSPS) is 10.9. The van der Waals surface area contributed by atoms with Crippen LogP contribution in [0.15, 0.2) is 40.8 Å². The lowest BCUT2D eigenvalue weighted by Crippen LogP contribution is -2.07. The van der Waals surface area contributed by atoms with Crippen LogP contribution in [0.1, 0.15) is 44.5 Å². The van der Waals surface area contributed by atoms with Gasteiger partial charge in [-0.15, -0.1) is 0 Å². The van der Waals surface area contributed by atoms with Crippen molar-refractivity contribution in [2.24, 2.45) is 0 Å². The van der Waals surface area contributed by atoms with E-state index in [2.05, 4.69) is 31.9 Å². The molecule has 0 atom stereocenters. The van der Waals surface area contributed by atoms with Gasteiger partial charge in [0.2, 0.25) is 5.76 Å². The molecule has 0 unspecified atom stereocenters. The first kappa shape index (κ1) is 21.9. The minimum absolute atomic E-state index is 0.0802. The Morgan fingerprint density at radius 3 is 2.45 bits per heavy atom. The lowest BCUT2D eigenvalue weighted by atomic mass is 10.1. The molecule has 0 saturated carbocycles. The van der Waals surface area contributed by atoms with Gasteiger partial charge in [0.05, 0.1) is 30.5 Å². The van der Waals surface area contributed by atoms with Crippen molar-refractivity contribution in [3.05, 3.63) is 76.1 Å². The molecule has 0 aliphatic heterocycles. The van der Waals surface area contributed by atoms with Crippen molar-refractivity contribution < 1.29 is 27.1 Å². The molecule has 3 rings (SSSR count). The smallest absolute Gasteiger partial charge is 0.416 e. The number of nitrogens with one attached hydrogen (secondary N) is 1. The SMILES string of the molecule is COC(=O)c1ccc(CNc2nc(C)nc(C)c2C#Cc2ccc(C(F)(F)F)cc2)o1. The van der Waals surface area contributed by atoms with E-state index in [0.717, 1.165) is 12.1 Å². The van der Waals surface area contributed by atoms with Crippen LogP contribution >= 0.6 is 0 Å². The number of aryl methyl sites for hydroxylation is 2. The van der Waals surface area contributed by atoms with E-state index in [-0.39, 0.29) is 12.3 Å². The molecule has 0 radical (unpaired) electrons. The second kappa shape index (κ2) is 8.92. The van der Waals surface area contributed by atoms with Gasteiger partial charge in [0.25, 0.3) is 0 Å². The van der Waals surface area contributed by atoms with Crippen LogP contribution in [0.3, 0.4) is 0 Å². The van der Waals surface area contributed by atoms with Gasteiger partial charge >= 0.3 is 12.1 Å². The van der Waals surface area contributed by atoms with Gasteiger partial charge in [-0.05, 0) is 50.2 Å². The quantitative estimate of drug-likeness (QED) is 0.486. The lowest BCUT2D eigenvalue weighted by Gasteiger charge is -2.09. The standard InChI is InChI=1S/C22H18F3N3O3/c1-13-18(10-6-15-4-7-16(8-5-15)22(23,24)25)20(28-14(2)27-13)26-12-17-9-11-19(31-17)21(29)30-3/h4-5,7-9,11H,12H2,1-3H3,(H,26,27,28). The maximum absolute atomic E-state index is 12.7. The third kappa shape index (κ3) is 5.42. The van der Waals surface area contributed by atoms with Crippen LogP contribution in [0.2, 0.25) is 0 Å². The third-order valence-electron chi connectivity index (χ3n) is 4.22. The molecule has 6 nitrogen and oxygen atoms in total. The summed E-state index contributed by atoms with van der Waals surface area (Å²) in [7, 11) is 1.26. The first-order chi connectivity index (χ1) is 14.7. The topological polar surface area (TPSA) is 77.2 Å². The minimum atomic E-state index is -4.40. The molecule has 31 heavy (non-hydrogen) atoms. The van der Waals surface area contributed by atoms with Crippen molar-refractivity contribution in [3.63, 3.8) is 0 Å². The van der Waals surface area contributed by atoms with Crippen LogP contribution in [-0.2, 0) is 17.5 Å². The number of nitrogens with zero attached hydrogens (tertiary/aromatic N) is 2. The van der Waals surface area contributed by atoms with Gasteiger partial charge in [0.1, 0.15) is 17.4 Å². The summed E-state index contributed by atoms with van der Waals surface area (Å²) in [6.45, 7) is 3.72. The minimum Gasteiger partial charge on any atom is -0.463 e. The van der Waals surface area contributed by atoms with Crippen LogP contribution < -0.4 is 5.32 Å². The molecule has 2 aromatic heterocycles. The zero-order valence-corrected chi connectivity index (χ0v) is 16.9. The van der Waals surface area contributed by atoms with E-state index in [4.69, 9.17) is 4.42 Å². The van der Waals surface area contributed by atoms with Gasteiger partial charge < -0.3 is 14.5 Å². The van der Waals surface area contributed by atoms with Gasteiger partial charge in [0, 0.05) is 5.56 Å². The summed E-state index contributed by atoms with van der Waals surface area (Å²) in [6.07, 6.45) is -4.40. The molecular weight excluding hydrogens is 411 g/mol. The molecule has 160 valence electrons.